The van der Waals surface area contributed by atoms with Gasteiger partial charge in [0, 0.05) is 24.7 Å². The zero-order valence-electron chi connectivity index (χ0n) is 11.7. The SMILES string of the molecule is CC(CC1CCCCCN1)NC(C)C(C)CO. The van der Waals surface area contributed by atoms with E-state index < -0.39 is 0 Å². The summed E-state index contributed by atoms with van der Waals surface area (Å²) in [6.07, 6.45) is 6.59. The predicted molar refractivity (Wildman–Crippen MR) is 73.2 cm³/mol. The first-order valence-corrected chi connectivity index (χ1v) is 7.23. The zero-order chi connectivity index (χ0) is 12.7. The Kier molecular flexibility index (Phi) is 7.09. The number of rotatable bonds is 6. The molecule has 0 radical (unpaired) electrons. The van der Waals surface area contributed by atoms with Gasteiger partial charge < -0.3 is 15.7 Å². The topological polar surface area (TPSA) is 44.3 Å². The summed E-state index contributed by atoms with van der Waals surface area (Å²) in [4.78, 5) is 0. The van der Waals surface area contributed by atoms with Gasteiger partial charge in [-0.05, 0) is 45.6 Å². The average Bonchev–Trinajstić information content (AvgIpc) is 2.56. The van der Waals surface area contributed by atoms with Crippen LogP contribution in [-0.2, 0) is 0 Å². The largest absolute Gasteiger partial charge is 0.396 e. The van der Waals surface area contributed by atoms with Crippen molar-refractivity contribution in [3.63, 3.8) is 0 Å². The Labute approximate surface area is 106 Å². The van der Waals surface area contributed by atoms with E-state index in [-0.39, 0.29) is 6.61 Å². The molecule has 3 heteroatoms. The Morgan fingerprint density at radius 2 is 2.00 bits per heavy atom. The molecule has 0 amide bonds. The van der Waals surface area contributed by atoms with Crippen LogP contribution < -0.4 is 10.6 Å². The van der Waals surface area contributed by atoms with Crippen LogP contribution in [0.15, 0.2) is 0 Å². The first-order valence-electron chi connectivity index (χ1n) is 7.23. The second kappa shape index (κ2) is 8.06. The maximum absolute atomic E-state index is 9.12. The molecule has 3 N–H and O–H groups in total. The Balaban J connectivity index is 2.25. The molecule has 1 heterocycles. The molecule has 0 aromatic carbocycles. The van der Waals surface area contributed by atoms with Crippen molar-refractivity contribution < 1.29 is 5.11 Å². The lowest BCUT2D eigenvalue weighted by Gasteiger charge is -2.27. The van der Waals surface area contributed by atoms with Crippen LogP contribution in [-0.4, -0.2) is 36.4 Å². The Morgan fingerprint density at radius 1 is 1.24 bits per heavy atom. The first-order chi connectivity index (χ1) is 8.13. The van der Waals surface area contributed by atoms with Crippen molar-refractivity contribution in [1.29, 1.82) is 0 Å². The summed E-state index contributed by atoms with van der Waals surface area (Å²) in [7, 11) is 0. The third-order valence-corrected chi connectivity index (χ3v) is 3.99. The lowest BCUT2D eigenvalue weighted by molar-refractivity contribution is 0.199. The van der Waals surface area contributed by atoms with Crippen LogP contribution in [0.2, 0.25) is 0 Å². The highest BCUT2D eigenvalue weighted by Gasteiger charge is 2.18. The van der Waals surface area contributed by atoms with Crippen molar-refractivity contribution in [3.8, 4) is 0 Å². The molecule has 1 saturated heterocycles. The monoisotopic (exact) mass is 242 g/mol. The first kappa shape index (κ1) is 14.9. The standard InChI is InChI=1S/C14H30N2O/c1-11(10-17)13(3)16-12(2)9-14-7-5-4-6-8-15-14/h11-17H,4-10H2,1-3H3. The molecule has 1 aliphatic rings. The van der Waals surface area contributed by atoms with Crippen molar-refractivity contribution in [3.05, 3.63) is 0 Å². The van der Waals surface area contributed by atoms with E-state index in [1.807, 2.05) is 0 Å². The van der Waals surface area contributed by atoms with Gasteiger partial charge in [-0.15, -0.1) is 0 Å². The Bertz CT molecular complexity index is 191. The third-order valence-electron chi connectivity index (χ3n) is 3.99. The highest BCUT2D eigenvalue weighted by molar-refractivity contribution is 4.78. The summed E-state index contributed by atoms with van der Waals surface area (Å²) >= 11 is 0. The van der Waals surface area contributed by atoms with E-state index in [0.29, 0.717) is 24.0 Å². The van der Waals surface area contributed by atoms with Crippen LogP contribution in [0.25, 0.3) is 0 Å². The fourth-order valence-electron chi connectivity index (χ4n) is 2.57. The van der Waals surface area contributed by atoms with Crippen LogP contribution in [0, 0.1) is 5.92 Å². The number of hydrogen-bond donors (Lipinski definition) is 3. The van der Waals surface area contributed by atoms with E-state index in [0.717, 1.165) is 0 Å². The maximum Gasteiger partial charge on any atom is 0.0471 e. The lowest BCUT2D eigenvalue weighted by atomic mass is 10.00. The molecule has 3 nitrogen and oxygen atoms in total. The van der Waals surface area contributed by atoms with Gasteiger partial charge in [0.05, 0.1) is 0 Å². The van der Waals surface area contributed by atoms with E-state index >= 15 is 0 Å². The summed E-state index contributed by atoms with van der Waals surface area (Å²) < 4.78 is 0. The van der Waals surface area contributed by atoms with Crippen molar-refractivity contribution in [2.24, 2.45) is 5.92 Å². The van der Waals surface area contributed by atoms with Crippen molar-refractivity contribution in [1.82, 2.24) is 10.6 Å². The van der Waals surface area contributed by atoms with E-state index in [1.165, 1.54) is 38.6 Å². The van der Waals surface area contributed by atoms with Crippen molar-refractivity contribution in [2.75, 3.05) is 13.2 Å². The Morgan fingerprint density at radius 3 is 2.71 bits per heavy atom. The number of nitrogens with one attached hydrogen (secondary N) is 2. The summed E-state index contributed by atoms with van der Waals surface area (Å²) in [5.74, 6) is 0.333. The molecular formula is C14H30N2O. The summed E-state index contributed by atoms with van der Waals surface area (Å²) in [5, 5.41) is 16.4. The molecule has 17 heavy (non-hydrogen) atoms. The molecule has 0 spiro atoms. The van der Waals surface area contributed by atoms with Gasteiger partial charge >= 0.3 is 0 Å². The van der Waals surface area contributed by atoms with E-state index in [2.05, 4.69) is 31.4 Å². The Hall–Kier alpha value is -0.120. The molecule has 1 aliphatic heterocycles. The van der Waals surface area contributed by atoms with Crippen LogP contribution in [0.1, 0.15) is 52.9 Å². The zero-order valence-corrected chi connectivity index (χ0v) is 11.7. The van der Waals surface area contributed by atoms with Crippen LogP contribution in [0.4, 0.5) is 0 Å². The van der Waals surface area contributed by atoms with E-state index in [1.54, 1.807) is 0 Å². The minimum absolute atomic E-state index is 0.266. The molecule has 0 bridgehead atoms. The average molecular weight is 242 g/mol. The quantitative estimate of drug-likeness (QED) is 0.666. The fourth-order valence-corrected chi connectivity index (χ4v) is 2.57. The second-order valence-electron chi connectivity index (χ2n) is 5.75. The van der Waals surface area contributed by atoms with Crippen molar-refractivity contribution in [2.45, 2.75) is 71.0 Å². The lowest BCUT2D eigenvalue weighted by Crippen LogP contribution is -2.43. The van der Waals surface area contributed by atoms with Gasteiger partial charge in [-0.1, -0.05) is 19.8 Å². The van der Waals surface area contributed by atoms with Crippen LogP contribution in [0.5, 0.6) is 0 Å². The predicted octanol–water partition coefficient (Wildman–Crippen LogP) is 1.90. The molecule has 0 aromatic heterocycles. The highest BCUT2D eigenvalue weighted by atomic mass is 16.3. The van der Waals surface area contributed by atoms with Crippen molar-refractivity contribution >= 4 is 0 Å². The van der Waals surface area contributed by atoms with Gasteiger partial charge in [0.1, 0.15) is 0 Å². The van der Waals surface area contributed by atoms with Crippen LogP contribution >= 0.6 is 0 Å². The van der Waals surface area contributed by atoms with Gasteiger partial charge in [-0.2, -0.15) is 0 Å². The second-order valence-corrected chi connectivity index (χ2v) is 5.75. The highest BCUT2D eigenvalue weighted by Crippen LogP contribution is 2.13. The molecule has 1 fully saturated rings. The molecule has 0 saturated carbocycles. The fraction of sp³-hybridized carbons (Fsp3) is 1.00. The summed E-state index contributed by atoms with van der Waals surface area (Å²) in [6.45, 7) is 7.96. The molecule has 1 rings (SSSR count). The molecular weight excluding hydrogens is 212 g/mol. The summed E-state index contributed by atoms with van der Waals surface area (Å²) in [6, 6.07) is 1.59. The molecule has 0 aliphatic carbocycles. The molecule has 0 aromatic rings. The maximum atomic E-state index is 9.12. The van der Waals surface area contributed by atoms with Gasteiger partial charge in [0.15, 0.2) is 0 Å². The van der Waals surface area contributed by atoms with E-state index in [9.17, 15) is 0 Å². The van der Waals surface area contributed by atoms with Gasteiger partial charge in [-0.25, -0.2) is 0 Å². The number of aliphatic hydroxyl groups is 1. The smallest absolute Gasteiger partial charge is 0.0471 e. The van der Waals surface area contributed by atoms with E-state index in [4.69, 9.17) is 5.11 Å². The minimum atomic E-state index is 0.266. The normalized spacial score (nSPS) is 27.2. The van der Waals surface area contributed by atoms with Gasteiger partial charge in [-0.3, -0.25) is 0 Å². The van der Waals surface area contributed by atoms with Gasteiger partial charge in [0.2, 0.25) is 0 Å². The molecule has 4 unspecified atom stereocenters. The van der Waals surface area contributed by atoms with Crippen LogP contribution in [0.3, 0.4) is 0 Å². The summed E-state index contributed by atoms with van der Waals surface area (Å²) in [5.41, 5.74) is 0. The minimum Gasteiger partial charge on any atom is -0.396 e. The number of hydrogen-bond acceptors (Lipinski definition) is 3. The number of aliphatic hydroxyl groups excluding tert-OH is 1. The third kappa shape index (κ3) is 5.84. The van der Waals surface area contributed by atoms with Gasteiger partial charge in [0.25, 0.3) is 0 Å². The molecule has 102 valence electrons. The molecule has 4 atom stereocenters.